The Morgan fingerprint density at radius 3 is 2.79 bits per heavy atom. The minimum atomic E-state index is -0.877. The molecule has 1 aliphatic rings. The van der Waals surface area contributed by atoms with E-state index >= 15 is 0 Å². The van der Waals surface area contributed by atoms with Gasteiger partial charge in [-0.25, -0.2) is 13.8 Å². The van der Waals surface area contributed by atoms with E-state index in [1.54, 1.807) is 30.2 Å². The fraction of sp³-hybridized carbons (Fsp3) is 0.250. The van der Waals surface area contributed by atoms with Crippen molar-refractivity contribution < 1.29 is 18.6 Å². The second kappa shape index (κ2) is 10.8. The van der Waals surface area contributed by atoms with Crippen molar-refractivity contribution in [2.75, 3.05) is 6.61 Å². The maximum Gasteiger partial charge on any atom is 0.175 e. The zero-order valence-electron chi connectivity index (χ0n) is 17.5. The molecule has 0 spiro atoms. The number of rotatable bonds is 6. The van der Waals surface area contributed by atoms with Gasteiger partial charge in [-0.2, -0.15) is 0 Å². The van der Waals surface area contributed by atoms with Crippen LogP contribution >= 0.6 is 23.4 Å². The topological polar surface area (TPSA) is 60.2 Å². The van der Waals surface area contributed by atoms with Gasteiger partial charge in [0.15, 0.2) is 10.3 Å². The van der Waals surface area contributed by atoms with Crippen molar-refractivity contribution in [1.82, 2.24) is 14.5 Å². The number of hydrogen-bond donors (Lipinski definition) is 1. The number of allylic oxidation sites excluding steroid dienone is 1. The molecule has 1 aliphatic carbocycles. The van der Waals surface area contributed by atoms with Crippen molar-refractivity contribution in [3.8, 4) is 23.3 Å². The zero-order valence-corrected chi connectivity index (χ0v) is 19.0. The molecule has 1 N–H and O–H groups in total. The van der Waals surface area contributed by atoms with E-state index in [1.165, 1.54) is 0 Å². The highest BCUT2D eigenvalue weighted by molar-refractivity contribution is 7.99. The smallest absolute Gasteiger partial charge is 0.175 e. The highest BCUT2D eigenvalue weighted by Gasteiger charge is 2.22. The zero-order chi connectivity index (χ0) is 23.2. The summed E-state index contributed by atoms with van der Waals surface area (Å²) in [5, 5.41) is 9.96. The molecule has 4 rings (SSSR count). The van der Waals surface area contributed by atoms with Crippen molar-refractivity contribution in [3.05, 3.63) is 76.9 Å². The van der Waals surface area contributed by atoms with Gasteiger partial charge in [0, 0.05) is 23.6 Å². The lowest BCUT2D eigenvalue weighted by Gasteiger charge is -2.17. The van der Waals surface area contributed by atoms with Gasteiger partial charge < -0.3 is 9.84 Å². The van der Waals surface area contributed by atoms with Crippen LogP contribution in [0.25, 0.3) is 5.69 Å². The highest BCUT2D eigenvalue weighted by atomic mass is 35.5. The number of aromatic nitrogens is 3. The van der Waals surface area contributed by atoms with Crippen molar-refractivity contribution in [3.63, 3.8) is 0 Å². The predicted molar refractivity (Wildman–Crippen MR) is 124 cm³/mol. The van der Waals surface area contributed by atoms with Crippen LogP contribution in [0.1, 0.15) is 30.5 Å². The van der Waals surface area contributed by atoms with E-state index in [2.05, 4.69) is 34.0 Å². The van der Waals surface area contributed by atoms with Crippen LogP contribution in [-0.2, 0) is 6.61 Å². The van der Waals surface area contributed by atoms with E-state index < -0.39 is 23.8 Å². The van der Waals surface area contributed by atoms with E-state index in [0.717, 1.165) is 37.1 Å². The molecule has 0 radical (unpaired) electrons. The molecule has 0 saturated carbocycles. The number of halogens is 3. The molecule has 0 aliphatic heterocycles. The molecular weight excluding hydrogens is 468 g/mol. The number of aliphatic hydroxyl groups excluding tert-OH is 1. The highest BCUT2D eigenvalue weighted by Crippen LogP contribution is 2.35. The Bertz CT molecular complexity index is 1200. The van der Waals surface area contributed by atoms with Crippen molar-refractivity contribution >= 4 is 23.4 Å². The monoisotopic (exact) mass is 487 g/mol. The second-order valence-corrected chi connectivity index (χ2v) is 8.77. The number of pyridine rings is 1. The fourth-order valence-electron chi connectivity index (χ4n) is 3.41. The Morgan fingerprint density at radius 2 is 2.12 bits per heavy atom. The fourth-order valence-corrected chi connectivity index (χ4v) is 4.89. The third-order valence-electron chi connectivity index (χ3n) is 4.95. The molecule has 2 heterocycles. The number of benzene rings is 1. The summed E-state index contributed by atoms with van der Waals surface area (Å²) < 4.78 is 36.1. The first kappa shape index (κ1) is 23.3. The van der Waals surface area contributed by atoms with Crippen LogP contribution < -0.4 is 4.74 Å². The molecule has 0 saturated heterocycles. The maximum absolute atomic E-state index is 14.3. The van der Waals surface area contributed by atoms with Crippen LogP contribution in [0.4, 0.5) is 8.78 Å². The standard InChI is InChI=1S/C24H20ClF2N3O2S/c25-23-22(15-32-17-12-20(26)19(9-5-11-31)21(27)13-17)30(16-6-4-10-28-14-16)24(29-23)33-18-7-2-1-3-8-18/h2,4,6-7,10,12-14,18,31H,1,3,8,11,15H2. The summed E-state index contributed by atoms with van der Waals surface area (Å²) in [7, 11) is 0. The SMILES string of the molecule is OCC#Cc1c(F)cc(OCc2c(Cl)nc(SC3C=CCCC3)n2-c2cccnc2)cc1F. The number of imidazole rings is 1. The Hall–Kier alpha value is -2.86. The van der Waals surface area contributed by atoms with E-state index in [0.29, 0.717) is 10.9 Å². The molecule has 9 heteroatoms. The predicted octanol–water partition coefficient (Wildman–Crippen LogP) is 5.32. The van der Waals surface area contributed by atoms with Crippen molar-refractivity contribution in [1.29, 1.82) is 0 Å². The van der Waals surface area contributed by atoms with Crippen LogP contribution in [-0.4, -0.2) is 31.5 Å². The summed E-state index contributed by atoms with van der Waals surface area (Å²) in [5.41, 5.74) is 0.871. The number of nitrogens with zero attached hydrogens (tertiary/aromatic N) is 3. The van der Waals surface area contributed by atoms with Gasteiger partial charge in [-0.3, -0.25) is 9.55 Å². The molecule has 0 amide bonds. The largest absolute Gasteiger partial charge is 0.487 e. The van der Waals surface area contributed by atoms with E-state index in [1.807, 2.05) is 10.6 Å². The summed E-state index contributed by atoms with van der Waals surface area (Å²) in [6.07, 6.45) is 10.9. The first-order valence-electron chi connectivity index (χ1n) is 10.3. The van der Waals surface area contributed by atoms with Gasteiger partial charge in [0.1, 0.15) is 36.3 Å². The first-order chi connectivity index (χ1) is 16.1. The summed E-state index contributed by atoms with van der Waals surface area (Å²) in [5.74, 6) is 2.72. The maximum atomic E-state index is 14.3. The molecule has 33 heavy (non-hydrogen) atoms. The van der Waals surface area contributed by atoms with E-state index in [-0.39, 0.29) is 22.8 Å². The van der Waals surface area contributed by atoms with Crippen LogP contribution in [0.5, 0.6) is 5.75 Å². The molecular formula is C24H20ClF2N3O2S. The van der Waals surface area contributed by atoms with Gasteiger partial charge in [-0.1, -0.05) is 47.4 Å². The second-order valence-electron chi connectivity index (χ2n) is 7.20. The van der Waals surface area contributed by atoms with Crippen LogP contribution in [0.2, 0.25) is 5.15 Å². The van der Waals surface area contributed by atoms with Gasteiger partial charge in [0.05, 0.1) is 17.4 Å². The molecule has 1 aromatic carbocycles. The lowest BCUT2D eigenvalue weighted by Crippen LogP contribution is -2.09. The van der Waals surface area contributed by atoms with Crippen molar-refractivity contribution in [2.24, 2.45) is 0 Å². The summed E-state index contributed by atoms with van der Waals surface area (Å²) >= 11 is 8.07. The molecule has 3 aromatic rings. The lowest BCUT2D eigenvalue weighted by molar-refractivity contribution is 0.295. The van der Waals surface area contributed by atoms with Gasteiger partial charge in [0.25, 0.3) is 0 Å². The number of thioether (sulfide) groups is 1. The van der Waals surface area contributed by atoms with Crippen LogP contribution in [0.3, 0.4) is 0 Å². The minimum Gasteiger partial charge on any atom is -0.487 e. The molecule has 1 unspecified atom stereocenters. The normalized spacial score (nSPS) is 15.2. The summed E-state index contributed by atoms with van der Waals surface area (Å²) in [6.45, 7) is -0.562. The third kappa shape index (κ3) is 5.56. The Labute approximate surface area is 199 Å². The Balaban J connectivity index is 1.64. The lowest BCUT2D eigenvalue weighted by atomic mass is 10.1. The summed E-state index contributed by atoms with van der Waals surface area (Å²) in [4.78, 5) is 8.73. The van der Waals surface area contributed by atoms with E-state index in [4.69, 9.17) is 21.4 Å². The molecule has 1 atom stereocenters. The van der Waals surface area contributed by atoms with Gasteiger partial charge in [-0.05, 0) is 31.4 Å². The number of ether oxygens (including phenoxy) is 1. The van der Waals surface area contributed by atoms with Gasteiger partial charge >= 0.3 is 0 Å². The Morgan fingerprint density at radius 1 is 1.30 bits per heavy atom. The molecule has 0 bridgehead atoms. The number of hydrogen-bond acceptors (Lipinski definition) is 5. The van der Waals surface area contributed by atoms with Crippen LogP contribution in [0, 0.1) is 23.5 Å². The Kier molecular flexibility index (Phi) is 7.65. The minimum absolute atomic E-state index is 0.0148. The van der Waals surface area contributed by atoms with E-state index in [9.17, 15) is 8.78 Å². The third-order valence-corrected chi connectivity index (χ3v) is 6.43. The van der Waals surface area contributed by atoms with Gasteiger partial charge in [-0.15, -0.1) is 0 Å². The average Bonchev–Trinajstić information content (AvgIpc) is 3.13. The quantitative estimate of drug-likeness (QED) is 0.376. The van der Waals surface area contributed by atoms with Crippen molar-refractivity contribution in [2.45, 2.75) is 36.3 Å². The molecule has 0 fully saturated rings. The number of aliphatic hydroxyl groups is 1. The summed E-state index contributed by atoms with van der Waals surface area (Å²) in [6, 6.07) is 5.78. The molecule has 170 valence electrons. The first-order valence-corrected chi connectivity index (χ1v) is 11.5. The van der Waals surface area contributed by atoms with Crippen LogP contribution in [0.15, 0.2) is 54.0 Å². The van der Waals surface area contributed by atoms with Gasteiger partial charge in [0.2, 0.25) is 0 Å². The molecule has 5 nitrogen and oxygen atoms in total. The average molecular weight is 488 g/mol. The molecule has 2 aromatic heterocycles.